The average Bonchev–Trinajstić information content (AvgIpc) is 2.19. The first-order valence-corrected chi connectivity index (χ1v) is 4.56. The first-order chi connectivity index (χ1) is 6.36. The summed E-state index contributed by atoms with van der Waals surface area (Å²) < 4.78 is 5.55. The molecule has 1 aliphatic heterocycles. The first-order valence-electron chi connectivity index (χ1n) is 4.56. The SMILES string of the molecule is OC1CCOC(c2ccncc2)C1. The molecule has 13 heavy (non-hydrogen) atoms. The molecule has 1 aromatic rings. The molecule has 2 atom stereocenters. The van der Waals surface area contributed by atoms with E-state index >= 15 is 0 Å². The number of ether oxygens (including phenoxy) is 1. The molecule has 1 saturated heterocycles. The third kappa shape index (κ3) is 2.05. The van der Waals surface area contributed by atoms with Crippen molar-refractivity contribution in [2.75, 3.05) is 6.61 Å². The zero-order chi connectivity index (χ0) is 9.10. The van der Waals surface area contributed by atoms with Crippen molar-refractivity contribution in [1.82, 2.24) is 4.98 Å². The van der Waals surface area contributed by atoms with Crippen LogP contribution in [0.15, 0.2) is 24.5 Å². The van der Waals surface area contributed by atoms with Gasteiger partial charge in [-0.15, -0.1) is 0 Å². The molecule has 0 saturated carbocycles. The number of nitrogens with zero attached hydrogens (tertiary/aromatic N) is 1. The largest absolute Gasteiger partial charge is 0.393 e. The molecule has 0 spiro atoms. The van der Waals surface area contributed by atoms with Gasteiger partial charge in [0.25, 0.3) is 0 Å². The normalized spacial score (nSPS) is 28.7. The van der Waals surface area contributed by atoms with Crippen molar-refractivity contribution in [2.45, 2.75) is 25.0 Å². The molecule has 0 bridgehead atoms. The van der Waals surface area contributed by atoms with Crippen LogP contribution in [0.3, 0.4) is 0 Å². The van der Waals surface area contributed by atoms with Crippen molar-refractivity contribution >= 4 is 0 Å². The van der Waals surface area contributed by atoms with E-state index in [9.17, 15) is 5.11 Å². The van der Waals surface area contributed by atoms with Crippen LogP contribution in [0.5, 0.6) is 0 Å². The molecule has 1 fully saturated rings. The maximum Gasteiger partial charge on any atom is 0.0850 e. The van der Waals surface area contributed by atoms with Crippen LogP contribution in [-0.2, 0) is 4.74 Å². The van der Waals surface area contributed by atoms with Gasteiger partial charge in [-0.2, -0.15) is 0 Å². The van der Waals surface area contributed by atoms with Crippen molar-refractivity contribution in [3.8, 4) is 0 Å². The topological polar surface area (TPSA) is 42.4 Å². The van der Waals surface area contributed by atoms with E-state index in [2.05, 4.69) is 4.98 Å². The molecule has 2 unspecified atom stereocenters. The lowest BCUT2D eigenvalue weighted by atomic mass is 10.0. The second kappa shape index (κ2) is 3.85. The number of pyridine rings is 1. The van der Waals surface area contributed by atoms with Crippen LogP contribution in [0.1, 0.15) is 24.5 Å². The van der Waals surface area contributed by atoms with E-state index in [-0.39, 0.29) is 12.2 Å². The number of aliphatic hydroxyl groups is 1. The van der Waals surface area contributed by atoms with Crippen LogP contribution in [0, 0.1) is 0 Å². The lowest BCUT2D eigenvalue weighted by Gasteiger charge is -2.26. The predicted molar refractivity (Wildman–Crippen MR) is 48.2 cm³/mol. The predicted octanol–water partition coefficient (Wildman–Crippen LogP) is 1.29. The van der Waals surface area contributed by atoms with Gasteiger partial charge < -0.3 is 9.84 Å². The monoisotopic (exact) mass is 179 g/mol. The molecule has 0 aromatic carbocycles. The Labute approximate surface area is 77.4 Å². The van der Waals surface area contributed by atoms with E-state index in [1.807, 2.05) is 12.1 Å². The van der Waals surface area contributed by atoms with Crippen LogP contribution in [0.2, 0.25) is 0 Å². The summed E-state index contributed by atoms with van der Waals surface area (Å²) in [5.74, 6) is 0. The van der Waals surface area contributed by atoms with Crippen LogP contribution in [0.25, 0.3) is 0 Å². The van der Waals surface area contributed by atoms with Crippen molar-refractivity contribution in [2.24, 2.45) is 0 Å². The molecule has 1 aliphatic rings. The summed E-state index contributed by atoms with van der Waals surface area (Å²) in [4.78, 5) is 3.94. The molecule has 0 amide bonds. The van der Waals surface area contributed by atoms with E-state index in [0.29, 0.717) is 13.0 Å². The number of aromatic nitrogens is 1. The Balaban J connectivity index is 2.08. The molecule has 0 aliphatic carbocycles. The quantitative estimate of drug-likeness (QED) is 0.706. The van der Waals surface area contributed by atoms with Gasteiger partial charge in [-0.25, -0.2) is 0 Å². The summed E-state index contributed by atoms with van der Waals surface area (Å²) in [6, 6.07) is 3.87. The molecule has 3 heteroatoms. The Morgan fingerprint density at radius 2 is 2.15 bits per heavy atom. The molecule has 2 rings (SSSR count). The summed E-state index contributed by atoms with van der Waals surface area (Å²) in [6.07, 6.45) is 4.78. The third-order valence-corrected chi connectivity index (χ3v) is 2.33. The Kier molecular flexibility index (Phi) is 2.57. The third-order valence-electron chi connectivity index (χ3n) is 2.33. The van der Waals surface area contributed by atoms with E-state index in [4.69, 9.17) is 4.74 Å². The minimum absolute atomic E-state index is 0.0479. The lowest BCUT2D eigenvalue weighted by Crippen LogP contribution is -2.23. The van der Waals surface area contributed by atoms with Gasteiger partial charge in [-0.1, -0.05) is 0 Å². The number of aliphatic hydroxyl groups excluding tert-OH is 1. The van der Waals surface area contributed by atoms with Crippen LogP contribution < -0.4 is 0 Å². The summed E-state index contributed by atoms with van der Waals surface area (Å²) in [6.45, 7) is 0.647. The van der Waals surface area contributed by atoms with Crippen molar-refractivity contribution in [3.63, 3.8) is 0 Å². The first kappa shape index (κ1) is 8.66. The standard InChI is InChI=1S/C10H13NO2/c12-9-3-6-13-10(7-9)8-1-4-11-5-2-8/h1-2,4-5,9-10,12H,3,6-7H2. The number of hydrogen-bond donors (Lipinski definition) is 1. The van der Waals surface area contributed by atoms with Gasteiger partial charge in [-0.3, -0.25) is 4.98 Å². The van der Waals surface area contributed by atoms with Crippen molar-refractivity contribution < 1.29 is 9.84 Å². The fourth-order valence-corrected chi connectivity index (χ4v) is 1.59. The molecule has 2 heterocycles. The summed E-state index contributed by atoms with van der Waals surface area (Å²) in [7, 11) is 0. The smallest absolute Gasteiger partial charge is 0.0850 e. The summed E-state index contributed by atoms with van der Waals surface area (Å²) in [5.41, 5.74) is 1.11. The van der Waals surface area contributed by atoms with Crippen molar-refractivity contribution in [3.05, 3.63) is 30.1 Å². The van der Waals surface area contributed by atoms with Gasteiger partial charge in [0.15, 0.2) is 0 Å². The molecular weight excluding hydrogens is 166 g/mol. The van der Waals surface area contributed by atoms with E-state index in [0.717, 1.165) is 12.0 Å². The highest BCUT2D eigenvalue weighted by molar-refractivity contribution is 5.13. The fourth-order valence-electron chi connectivity index (χ4n) is 1.59. The second-order valence-corrected chi connectivity index (χ2v) is 3.32. The minimum atomic E-state index is -0.216. The lowest BCUT2D eigenvalue weighted by molar-refractivity contribution is -0.0448. The van der Waals surface area contributed by atoms with Gasteiger partial charge in [0.1, 0.15) is 0 Å². The van der Waals surface area contributed by atoms with Crippen molar-refractivity contribution in [1.29, 1.82) is 0 Å². The van der Waals surface area contributed by atoms with Gasteiger partial charge in [0.2, 0.25) is 0 Å². The van der Waals surface area contributed by atoms with Crippen LogP contribution in [-0.4, -0.2) is 22.8 Å². The molecular formula is C10H13NO2. The fraction of sp³-hybridized carbons (Fsp3) is 0.500. The Bertz CT molecular complexity index is 263. The second-order valence-electron chi connectivity index (χ2n) is 3.32. The Morgan fingerprint density at radius 3 is 2.85 bits per heavy atom. The molecule has 0 radical (unpaired) electrons. The molecule has 3 nitrogen and oxygen atoms in total. The zero-order valence-electron chi connectivity index (χ0n) is 7.39. The summed E-state index contributed by atoms with van der Waals surface area (Å²) in [5, 5.41) is 9.45. The highest BCUT2D eigenvalue weighted by atomic mass is 16.5. The maximum atomic E-state index is 9.45. The zero-order valence-corrected chi connectivity index (χ0v) is 7.39. The Morgan fingerprint density at radius 1 is 1.38 bits per heavy atom. The van der Waals surface area contributed by atoms with E-state index < -0.39 is 0 Å². The highest BCUT2D eigenvalue weighted by Crippen LogP contribution is 2.27. The maximum absolute atomic E-state index is 9.45. The van der Waals surface area contributed by atoms with Gasteiger partial charge in [0.05, 0.1) is 12.2 Å². The minimum Gasteiger partial charge on any atom is -0.393 e. The molecule has 1 N–H and O–H groups in total. The number of hydrogen-bond acceptors (Lipinski definition) is 3. The number of rotatable bonds is 1. The molecule has 70 valence electrons. The van der Waals surface area contributed by atoms with E-state index in [1.165, 1.54) is 0 Å². The van der Waals surface area contributed by atoms with Gasteiger partial charge in [0, 0.05) is 25.4 Å². The average molecular weight is 179 g/mol. The molecule has 1 aromatic heterocycles. The Hall–Kier alpha value is -0.930. The summed E-state index contributed by atoms with van der Waals surface area (Å²) >= 11 is 0. The van der Waals surface area contributed by atoms with Gasteiger partial charge >= 0.3 is 0 Å². The van der Waals surface area contributed by atoms with Crippen LogP contribution >= 0.6 is 0 Å². The van der Waals surface area contributed by atoms with Gasteiger partial charge in [-0.05, 0) is 24.1 Å². The van der Waals surface area contributed by atoms with E-state index in [1.54, 1.807) is 12.4 Å². The van der Waals surface area contributed by atoms with Crippen LogP contribution in [0.4, 0.5) is 0 Å². The highest BCUT2D eigenvalue weighted by Gasteiger charge is 2.21.